The number of amides is 1. The van der Waals surface area contributed by atoms with Gasteiger partial charge < -0.3 is 10.6 Å². The maximum absolute atomic E-state index is 11.8. The molecule has 3 aromatic rings. The zero-order valence-corrected chi connectivity index (χ0v) is 15.5. The third-order valence-corrected chi connectivity index (χ3v) is 4.43. The van der Waals surface area contributed by atoms with Gasteiger partial charge in [-0.05, 0) is 37.5 Å². The lowest BCUT2D eigenvalue weighted by Gasteiger charge is -2.08. The number of aromatic nitrogens is 4. The zero-order valence-electron chi connectivity index (χ0n) is 14.8. The quantitative estimate of drug-likeness (QED) is 0.563. The van der Waals surface area contributed by atoms with Crippen molar-refractivity contribution in [3.05, 3.63) is 58.6 Å². The number of nitrogens with zero attached hydrogens (tertiary/aromatic N) is 3. The molecule has 3 N–H and O–H groups in total. The van der Waals surface area contributed by atoms with Gasteiger partial charge in [0.25, 0.3) is 0 Å². The maximum atomic E-state index is 11.8. The van der Waals surface area contributed by atoms with Gasteiger partial charge in [0.2, 0.25) is 5.91 Å². The Bertz CT molecular complexity index is 965. The number of aromatic amines is 1. The summed E-state index contributed by atoms with van der Waals surface area (Å²) in [6.07, 6.45) is 2.51. The van der Waals surface area contributed by atoms with E-state index in [-0.39, 0.29) is 11.8 Å². The molecule has 1 amide bonds. The van der Waals surface area contributed by atoms with E-state index in [4.69, 9.17) is 11.6 Å². The van der Waals surface area contributed by atoms with Crippen LogP contribution >= 0.6 is 11.6 Å². The first-order chi connectivity index (χ1) is 13.0. The van der Waals surface area contributed by atoms with Gasteiger partial charge >= 0.3 is 0 Å². The highest BCUT2D eigenvalue weighted by Crippen LogP contribution is 2.30. The number of carbonyl (C=O) groups excluding carboxylic acids is 1. The second-order valence-corrected chi connectivity index (χ2v) is 7.08. The molecule has 4 rings (SSSR count). The summed E-state index contributed by atoms with van der Waals surface area (Å²) in [7, 11) is 0. The van der Waals surface area contributed by atoms with Crippen molar-refractivity contribution >= 4 is 34.8 Å². The van der Waals surface area contributed by atoms with Gasteiger partial charge in [0.1, 0.15) is 16.8 Å². The largest absolute Gasteiger partial charge is 0.326 e. The van der Waals surface area contributed by atoms with Crippen LogP contribution in [-0.4, -0.2) is 26.1 Å². The minimum absolute atomic E-state index is 0.102. The third-order valence-electron chi connectivity index (χ3n) is 4.24. The molecule has 1 saturated carbocycles. The number of H-pyrrole nitrogens is 1. The molecule has 0 radical (unpaired) electrons. The molecule has 7 nitrogen and oxygen atoms in total. The molecule has 0 unspecified atom stereocenters. The van der Waals surface area contributed by atoms with Crippen molar-refractivity contribution in [3.8, 4) is 0 Å². The van der Waals surface area contributed by atoms with Crippen LogP contribution < -0.4 is 10.6 Å². The number of hydrogen-bond donors (Lipinski definition) is 3. The van der Waals surface area contributed by atoms with Gasteiger partial charge in [0.15, 0.2) is 5.82 Å². The van der Waals surface area contributed by atoms with Gasteiger partial charge in [-0.25, -0.2) is 9.97 Å². The van der Waals surface area contributed by atoms with E-state index < -0.39 is 0 Å². The summed E-state index contributed by atoms with van der Waals surface area (Å²) in [5.74, 6) is 2.15. The Hall–Kier alpha value is -2.93. The Morgan fingerprint density at radius 2 is 1.96 bits per heavy atom. The van der Waals surface area contributed by atoms with E-state index in [0.717, 1.165) is 29.8 Å². The van der Waals surface area contributed by atoms with Gasteiger partial charge in [0.05, 0.1) is 0 Å². The van der Waals surface area contributed by atoms with Crippen molar-refractivity contribution in [2.45, 2.75) is 26.2 Å². The van der Waals surface area contributed by atoms with Gasteiger partial charge in [0, 0.05) is 35.9 Å². The molecule has 138 valence electrons. The molecule has 2 heterocycles. The number of carbonyl (C=O) groups is 1. The Balaban J connectivity index is 1.44. The molecule has 0 saturated heterocycles. The average molecular weight is 383 g/mol. The monoisotopic (exact) mass is 382 g/mol. The molecular formula is C19H19ClN6O. The van der Waals surface area contributed by atoms with Crippen LogP contribution in [0.1, 0.15) is 29.9 Å². The number of benzene rings is 1. The molecule has 27 heavy (non-hydrogen) atoms. The Morgan fingerprint density at radius 3 is 2.63 bits per heavy atom. The lowest BCUT2D eigenvalue weighted by atomic mass is 10.1. The minimum Gasteiger partial charge on any atom is -0.326 e. The summed E-state index contributed by atoms with van der Waals surface area (Å²) in [6, 6.07) is 11.2. The standard InChI is InChI=1S/C19H19ClN6O/c1-11-8-18(26-25-11)24-17-10-15(20)22-16(23-17)9-12-2-6-14(7-3-12)21-19(27)13-4-5-13/h2-3,6-8,10,13H,4-5,9H2,1H3,(H,21,27)(H2,22,23,24,25,26). The topological polar surface area (TPSA) is 95.6 Å². The first kappa shape index (κ1) is 17.5. The minimum atomic E-state index is 0.102. The summed E-state index contributed by atoms with van der Waals surface area (Å²) in [5.41, 5.74) is 2.79. The lowest BCUT2D eigenvalue weighted by Crippen LogP contribution is -2.13. The highest BCUT2D eigenvalue weighted by molar-refractivity contribution is 6.29. The first-order valence-electron chi connectivity index (χ1n) is 8.77. The average Bonchev–Trinajstić information content (AvgIpc) is 3.40. The van der Waals surface area contributed by atoms with Crippen molar-refractivity contribution < 1.29 is 4.79 Å². The Kier molecular flexibility index (Phi) is 4.77. The fourth-order valence-electron chi connectivity index (χ4n) is 2.70. The van der Waals surface area contributed by atoms with Crippen molar-refractivity contribution in [2.75, 3.05) is 10.6 Å². The van der Waals surface area contributed by atoms with Gasteiger partial charge in [-0.1, -0.05) is 23.7 Å². The summed E-state index contributed by atoms with van der Waals surface area (Å²) in [5, 5.41) is 13.4. The van der Waals surface area contributed by atoms with Crippen LogP contribution in [0.3, 0.4) is 0 Å². The van der Waals surface area contributed by atoms with Crippen molar-refractivity contribution in [3.63, 3.8) is 0 Å². The SMILES string of the molecule is Cc1cc(Nc2cc(Cl)nc(Cc3ccc(NC(=O)C4CC4)cc3)n2)n[nH]1. The normalized spacial score (nSPS) is 13.4. The van der Waals surface area contributed by atoms with E-state index in [9.17, 15) is 4.79 Å². The van der Waals surface area contributed by atoms with E-state index in [1.54, 1.807) is 6.07 Å². The van der Waals surface area contributed by atoms with Gasteiger partial charge in [-0.2, -0.15) is 5.10 Å². The molecule has 1 aromatic carbocycles. The fourth-order valence-corrected chi connectivity index (χ4v) is 2.90. The summed E-state index contributed by atoms with van der Waals surface area (Å²) < 4.78 is 0. The Labute approximate surface area is 161 Å². The van der Waals surface area contributed by atoms with Crippen LogP contribution in [0.15, 0.2) is 36.4 Å². The number of aryl methyl sites for hydroxylation is 1. The van der Waals surface area contributed by atoms with Crippen LogP contribution in [0.25, 0.3) is 0 Å². The molecule has 8 heteroatoms. The van der Waals surface area contributed by atoms with E-state index in [1.165, 1.54) is 0 Å². The number of halogens is 1. The first-order valence-corrected chi connectivity index (χ1v) is 9.15. The molecule has 0 spiro atoms. The molecule has 1 fully saturated rings. The van der Waals surface area contributed by atoms with Crippen molar-refractivity contribution in [2.24, 2.45) is 5.92 Å². The summed E-state index contributed by atoms with van der Waals surface area (Å²) >= 11 is 6.14. The number of anilines is 3. The van der Waals surface area contributed by atoms with E-state index in [2.05, 4.69) is 30.8 Å². The smallest absolute Gasteiger partial charge is 0.227 e. The second kappa shape index (κ2) is 7.36. The van der Waals surface area contributed by atoms with E-state index in [1.807, 2.05) is 37.3 Å². The number of rotatable bonds is 6. The van der Waals surface area contributed by atoms with Crippen LogP contribution in [0.4, 0.5) is 17.3 Å². The van der Waals surface area contributed by atoms with Gasteiger partial charge in [-0.15, -0.1) is 0 Å². The lowest BCUT2D eigenvalue weighted by molar-refractivity contribution is -0.117. The predicted octanol–water partition coefficient (Wildman–Crippen LogP) is 3.84. The highest BCUT2D eigenvalue weighted by Gasteiger charge is 2.29. The van der Waals surface area contributed by atoms with E-state index in [0.29, 0.717) is 29.0 Å². The number of hydrogen-bond acceptors (Lipinski definition) is 5. The van der Waals surface area contributed by atoms with Crippen LogP contribution in [-0.2, 0) is 11.2 Å². The predicted molar refractivity (Wildman–Crippen MR) is 104 cm³/mol. The molecule has 2 aromatic heterocycles. The van der Waals surface area contributed by atoms with Gasteiger partial charge in [-0.3, -0.25) is 9.89 Å². The van der Waals surface area contributed by atoms with Crippen molar-refractivity contribution in [1.29, 1.82) is 0 Å². The zero-order chi connectivity index (χ0) is 18.8. The summed E-state index contributed by atoms with van der Waals surface area (Å²) in [6.45, 7) is 1.92. The van der Waals surface area contributed by atoms with E-state index >= 15 is 0 Å². The molecule has 0 aliphatic heterocycles. The van der Waals surface area contributed by atoms with Crippen LogP contribution in [0.2, 0.25) is 5.15 Å². The maximum Gasteiger partial charge on any atom is 0.227 e. The molecule has 0 atom stereocenters. The van der Waals surface area contributed by atoms with Crippen molar-refractivity contribution in [1.82, 2.24) is 20.2 Å². The third kappa shape index (κ3) is 4.62. The molecular weight excluding hydrogens is 364 g/mol. The molecule has 1 aliphatic carbocycles. The highest BCUT2D eigenvalue weighted by atomic mass is 35.5. The summed E-state index contributed by atoms with van der Waals surface area (Å²) in [4.78, 5) is 20.6. The second-order valence-electron chi connectivity index (χ2n) is 6.69. The Morgan fingerprint density at radius 1 is 1.19 bits per heavy atom. The van der Waals surface area contributed by atoms with Crippen LogP contribution in [0, 0.1) is 12.8 Å². The molecule has 1 aliphatic rings. The number of nitrogens with one attached hydrogen (secondary N) is 3. The van der Waals surface area contributed by atoms with Crippen LogP contribution in [0.5, 0.6) is 0 Å². The fraction of sp³-hybridized carbons (Fsp3) is 0.263. The molecule has 0 bridgehead atoms.